The fourth-order valence-corrected chi connectivity index (χ4v) is 6.21. The third-order valence-electron chi connectivity index (χ3n) is 7.47. The van der Waals surface area contributed by atoms with Gasteiger partial charge in [-0.15, -0.1) is 0 Å². The van der Waals surface area contributed by atoms with E-state index in [2.05, 4.69) is 102 Å². The fourth-order valence-electron chi connectivity index (χ4n) is 6.21. The Balaban J connectivity index is 1.61. The van der Waals surface area contributed by atoms with Crippen LogP contribution in [0.5, 0.6) is 0 Å². The van der Waals surface area contributed by atoms with Crippen LogP contribution in [0, 0.1) is 0 Å². The SMILES string of the molecule is c1ccc(B2c3ccccc3-c3ccc4c(c5c(n4-c4ccccc4)CCCC5)c32)cc1. The summed E-state index contributed by atoms with van der Waals surface area (Å²) in [6.07, 6.45) is 4.91. The molecule has 4 aromatic carbocycles. The fraction of sp³-hybridized carbons (Fsp3) is 0.133. The number of aromatic nitrogens is 1. The van der Waals surface area contributed by atoms with Crippen molar-refractivity contribution in [2.45, 2.75) is 25.7 Å². The largest absolute Gasteiger partial charge is 0.313 e. The molecule has 32 heavy (non-hydrogen) atoms. The minimum Gasteiger partial charge on any atom is -0.313 e. The second-order valence-electron chi connectivity index (χ2n) is 9.16. The summed E-state index contributed by atoms with van der Waals surface area (Å²) in [6, 6.07) is 35.8. The van der Waals surface area contributed by atoms with Crippen LogP contribution in [0.3, 0.4) is 0 Å². The molecule has 0 atom stereocenters. The summed E-state index contributed by atoms with van der Waals surface area (Å²) >= 11 is 0. The average molecular weight is 409 g/mol. The molecule has 0 amide bonds. The number of hydrogen-bond donors (Lipinski definition) is 0. The molecule has 7 rings (SSSR count). The molecule has 0 fully saturated rings. The molecule has 1 nitrogen and oxygen atoms in total. The van der Waals surface area contributed by atoms with Gasteiger partial charge >= 0.3 is 0 Å². The van der Waals surface area contributed by atoms with Crippen molar-refractivity contribution in [1.29, 1.82) is 0 Å². The van der Waals surface area contributed by atoms with Gasteiger partial charge in [0, 0.05) is 11.4 Å². The van der Waals surface area contributed by atoms with Crippen molar-refractivity contribution in [1.82, 2.24) is 4.57 Å². The zero-order chi connectivity index (χ0) is 21.1. The third-order valence-corrected chi connectivity index (χ3v) is 7.47. The number of aryl methyl sites for hydroxylation is 1. The van der Waals surface area contributed by atoms with E-state index in [4.69, 9.17) is 0 Å². The molecule has 1 aliphatic heterocycles. The van der Waals surface area contributed by atoms with Gasteiger partial charge in [-0.3, -0.25) is 0 Å². The quantitative estimate of drug-likeness (QED) is 0.355. The molecule has 2 heterocycles. The molecule has 0 bridgehead atoms. The van der Waals surface area contributed by atoms with Gasteiger partial charge in [-0.25, -0.2) is 0 Å². The van der Waals surface area contributed by atoms with Crippen LogP contribution < -0.4 is 16.4 Å². The first-order valence-electron chi connectivity index (χ1n) is 11.8. The van der Waals surface area contributed by atoms with Crippen molar-refractivity contribution < 1.29 is 0 Å². The molecule has 0 unspecified atom stereocenters. The highest BCUT2D eigenvalue weighted by Gasteiger charge is 2.37. The molecular weight excluding hydrogens is 385 g/mol. The van der Waals surface area contributed by atoms with Crippen molar-refractivity contribution in [3.63, 3.8) is 0 Å². The van der Waals surface area contributed by atoms with Gasteiger partial charge in [-0.2, -0.15) is 0 Å². The standard InChI is InChI=1S/C30H24BN/c1-3-11-21(12-4-1)31-26-17-9-7-15-23(26)24-19-20-28-29(30(24)31)25-16-8-10-18-27(25)32(28)22-13-5-2-6-14-22/h1-7,9,11-15,17,19-20H,8,10,16,18H2. The van der Waals surface area contributed by atoms with Crippen LogP contribution in [0.1, 0.15) is 24.1 Å². The predicted molar refractivity (Wildman–Crippen MR) is 136 cm³/mol. The molecular formula is C30H24BN. The van der Waals surface area contributed by atoms with E-state index in [-0.39, 0.29) is 0 Å². The minimum atomic E-state index is 0.295. The predicted octanol–water partition coefficient (Wildman–Crippen LogP) is 5.01. The minimum absolute atomic E-state index is 0.295. The van der Waals surface area contributed by atoms with Gasteiger partial charge < -0.3 is 4.57 Å². The molecule has 0 radical (unpaired) electrons. The molecule has 1 aromatic heterocycles. The van der Waals surface area contributed by atoms with Gasteiger partial charge in [0.15, 0.2) is 0 Å². The molecule has 0 spiro atoms. The first-order chi connectivity index (χ1) is 15.9. The van der Waals surface area contributed by atoms with Gasteiger partial charge in [-0.1, -0.05) is 95.3 Å². The van der Waals surface area contributed by atoms with Crippen LogP contribution in [0.4, 0.5) is 0 Å². The maximum atomic E-state index is 2.55. The number of para-hydroxylation sites is 1. The summed E-state index contributed by atoms with van der Waals surface area (Å²) < 4.78 is 2.55. The Bertz CT molecular complexity index is 1460. The first-order valence-corrected chi connectivity index (χ1v) is 11.8. The van der Waals surface area contributed by atoms with Crippen LogP contribution in [-0.2, 0) is 12.8 Å². The zero-order valence-electron chi connectivity index (χ0n) is 18.1. The van der Waals surface area contributed by atoms with Gasteiger partial charge in [0.1, 0.15) is 0 Å². The lowest BCUT2D eigenvalue weighted by Gasteiger charge is -2.16. The van der Waals surface area contributed by atoms with E-state index in [0.29, 0.717) is 6.71 Å². The molecule has 1 aliphatic carbocycles. The summed E-state index contributed by atoms with van der Waals surface area (Å²) in [5.41, 5.74) is 12.9. The maximum Gasteiger partial charge on any atom is 0.243 e. The zero-order valence-corrected chi connectivity index (χ0v) is 18.1. The highest BCUT2D eigenvalue weighted by atomic mass is 15.0. The Hall–Kier alpha value is -3.52. The van der Waals surface area contributed by atoms with Crippen LogP contribution in [0.2, 0.25) is 0 Å². The van der Waals surface area contributed by atoms with E-state index in [0.717, 1.165) is 6.42 Å². The molecule has 2 heteroatoms. The Labute approximate surface area is 189 Å². The van der Waals surface area contributed by atoms with Gasteiger partial charge in [0.2, 0.25) is 6.71 Å². The Morgan fingerprint density at radius 1 is 0.625 bits per heavy atom. The molecule has 0 N–H and O–H groups in total. The maximum absolute atomic E-state index is 2.55. The van der Waals surface area contributed by atoms with E-state index in [1.165, 1.54) is 69.1 Å². The lowest BCUT2D eigenvalue weighted by Crippen LogP contribution is -2.49. The van der Waals surface area contributed by atoms with E-state index in [9.17, 15) is 0 Å². The van der Waals surface area contributed by atoms with Crippen LogP contribution in [0.15, 0.2) is 97.1 Å². The number of benzene rings is 4. The van der Waals surface area contributed by atoms with Crippen molar-refractivity contribution in [3.05, 3.63) is 108 Å². The smallest absolute Gasteiger partial charge is 0.243 e. The number of nitrogens with zero attached hydrogens (tertiary/aromatic N) is 1. The first kappa shape index (κ1) is 18.1. The van der Waals surface area contributed by atoms with E-state index < -0.39 is 0 Å². The summed E-state index contributed by atoms with van der Waals surface area (Å²) in [6.45, 7) is 0.295. The van der Waals surface area contributed by atoms with Crippen molar-refractivity contribution in [2.75, 3.05) is 0 Å². The number of hydrogen-bond acceptors (Lipinski definition) is 0. The highest BCUT2D eigenvalue weighted by Crippen LogP contribution is 2.37. The average Bonchev–Trinajstić information content (AvgIpc) is 3.38. The van der Waals surface area contributed by atoms with Gasteiger partial charge in [-0.05, 0) is 66.0 Å². The second-order valence-corrected chi connectivity index (χ2v) is 9.16. The summed E-state index contributed by atoms with van der Waals surface area (Å²) in [5.74, 6) is 0. The van der Waals surface area contributed by atoms with E-state index in [1.54, 1.807) is 5.56 Å². The Morgan fingerprint density at radius 2 is 1.34 bits per heavy atom. The van der Waals surface area contributed by atoms with Gasteiger partial charge in [0.05, 0.1) is 5.52 Å². The number of rotatable bonds is 2. The van der Waals surface area contributed by atoms with Gasteiger partial charge in [0.25, 0.3) is 0 Å². The van der Waals surface area contributed by atoms with Crippen LogP contribution in [0.25, 0.3) is 27.7 Å². The molecule has 152 valence electrons. The summed E-state index contributed by atoms with van der Waals surface area (Å²) in [4.78, 5) is 0. The third kappa shape index (κ3) is 2.47. The molecule has 2 aliphatic rings. The Kier molecular flexibility index (Phi) is 3.96. The van der Waals surface area contributed by atoms with E-state index >= 15 is 0 Å². The van der Waals surface area contributed by atoms with Crippen molar-refractivity contribution >= 4 is 34.0 Å². The van der Waals surface area contributed by atoms with E-state index in [1.807, 2.05) is 0 Å². The second kappa shape index (κ2) is 7.00. The van der Waals surface area contributed by atoms with Crippen LogP contribution in [-0.4, -0.2) is 11.3 Å². The highest BCUT2D eigenvalue weighted by molar-refractivity contribution is 7.00. The molecule has 0 saturated heterocycles. The van der Waals surface area contributed by atoms with Crippen molar-refractivity contribution in [3.8, 4) is 16.8 Å². The lowest BCUT2D eigenvalue weighted by molar-refractivity contribution is 0.667. The topological polar surface area (TPSA) is 4.93 Å². The normalized spacial score (nSPS) is 14.3. The molecule has 5 aromatic rings. The van der Waals surface area contributed by atoms with Crippen LogP contribution >= 0.6 is 0 Å². The molecule has 0 saturated carbocycles. The lowest BCUT2D eigenvalue weighted by atomic mass is 9.38. The summed E-state index contributed by atoms with van der Waals surface area (Å²) in [5, 5.41) is 1.51. The number of fused-ring (bicyclic) bond motifs is 7. The van der Waals surface area contributed by atoms with Crippen molar-refractivity contribution in [2.24, 2.45) is 0 Å². The monoisotopic (exact) mass is 409 g/mol. The Morgan fingerprint density at radius 3 is 2.19 bits per heavy atom. The summed E-state index contributed by atoms with van der Waals surface area (Å²) in [7, 11) is 0.